The third-order valence-electron chi connectivity index (χ3n) is 4.13. The minimum atomic E-state index is -0.0707. The quantitative estimate of drug-likeness (QED) is 0.802. The zero-order chi connectivity index (χ0) is 16.4. The molecule has 0 saturated carbocycles. The van der Waals surface area contributed by atoms with Gasteiger partial charge in [-0.05, 0) is 38.0 Å². The van der Waals surface area contributed by atoms with Gasteiger partial charge in [0.1, 0.15) is 5.65 Å². The first-order chi connectivity index (χ1) is 11.1. The summed E-state index contributed by atoms with van der Waals surface area (Å²) in [5.41, 5.74) is 6.00. The van der Waals surface area contributed by atoms with Gasteiger partial charge in [0.2, 0.25) is 0 Å². The molecule has 0 saturated heterocycles. The number of nitrogens with one attached hydrogen (secondary N) is 1. The van der Waals surface area contributed by atoms with Crippen molar-refractivity contribution < 1.29 is 4.79 Å². The van der Waals surface area contributed by atoms with Crippen LogP contribution in [0.2, 0.25) is 0 Å². The average Bonchev–Trinajstić information content (AvgIpc) is 2.89. The minimum Gasteiger partial charge on any atom is -0.348 e. The van der Waals surface area contributed by atoms with E-state index in [0.717, 1.165) is 29.0 Å². The molecule has 1 aromatic carbocycles. The number of benzene rings is 1. The number of aromatic nitrogens is 2. The van der Waals surface area contributed by atoms with E-state index in [2.05, 4.69) is 36.3 Å². The summed E-state index contributed by atoms with van der Waals surface area (Å²) < 4.78 is 1.99. The molecule has 0 aliphatic carbocycles. The Balaban J connectivity index is 1.77. The lowest BCUT2D eigenvalue weighted by molar-refractivity contribution is 0.0950. The number of carbonyl (C=O) groups excluding carboxylic acids is 1. The second-order valence-corrected chi connectivity index (χ2v) is 5.81. The molecule has 0 fully saturated rings. The van der Waals surface area contributed by atoms with E-state index in [1.165, 1.54) is 5.56 Å². The predicted octanol–water partition coefficient (Wildman–Crippen LogP) is 3.44. The summed E-state index contributed by atoms with van der Waals surface area (Å²) in [7, 11) is 0. The maximum atomic E-state index is 12.4. The van der Waals surface area contributed by atoms with Crippen molar-refractivity contribution in [2.75, 3.05) is 0 Å². The number of pyridine rings is 1. The predicted molar refractivity (Wildman–Crippen MR) is 91.7 cm³/mol. The Kier molecular flexibility index (Phi) is 4.15. The molecule has 0 aliphatic rings. The Hall–Kier alpha value is -2.62. The molecule has 118 valence electrons. The Labute approximate surface area is 136 Å². The number of hydrogen-bond acceptors (Lipinski definition) is 2. The highest BCUT2D eigenvalue weighted by molar-refractivity contribution is 5.94. The van der Waals surface area contributed by atoms with Crippen LogP contribution in [0.25, 0.3) is 5.65 Å². The van der Waals surface area contributed by atoms with E-state index in [-0.39, 0.29) is 5.91 Å². The fourth-order valence-electron chi connectivity index (χ4n) is 2.67. The minimum absolute atomic E-state index is 0.0707. The summed E-state index contributed by atoms with van der Waals surface area (Å²) in [4.78, 5) is 16.9. The maximum absolute atomic E-state index is 12.4. The first-order valence-corrected chi connectivity index (χ1v) is 7.90. The van der Waals surface area contributed by atoms with Crippen molar-refractivity contribution in [3.05, 3.63) is 70.7 Å². The number of imidazole rings is 1. The number of aryl methyl sites for hydroxylation is 3. The summed E-state index contributed by atoms with van der Waals surface area (Å²) in [5.74, 6) is -0.0707. The molecule has 1 N–H and O–H groups in total. The first kappa shape index (κ1) is 15.3. The maximum Gasteiger partial charge on any atom is 0.253 e. The summed E-state index contributed by atoms with van der Waals surface area (Å²) in [5, 5.41) is 2.97. The van der Waals surface area contributed by atoms with Crippen LogP contribution in [0.1, 0.15) is 39.8 Å². The van der Waals surface area contributed by atoms with Gasteiger partial charge < -0.3 is 9.72 Å². The van der Waals surface area contributed by atoms with E-state index in [1.54, 1.807) is 0 Å². The van der Waals surface area contributed by atoms with Crippen molar-refractivity contribution in [1.29, 1.82) is 0 Å². The Bertz CT molecular complexity index is 847. The van der Waals surface area contributed by atoms with E-state index >= 15 is 0 Å². The SMILES string of the molecule is CCc1nc2ccc(C(=O)NCc3ccc(C)cc3)cn2c1C. The fraction of sp³-hybridized carbons (Fsp3) is 0.263. The van der Waals surface area contributed by atoms with Crippen molar-refractivity contribution in [2.24, 2.45) is 0 Å². The normalized spacial score (nSPS) is 10.9. The van der Waals surface area contributed by atoms with Crippen LogP contribution in [-0.2, 0) is 13.0 Å². The van der Waals surface area contributed by atoms with Crippen LogP contribution < -0.4 is 5.32 Å². The molecule has 0 bridgehead atoms. The van der Waals surface area contributed by atoms with Gasteiger partial charge in [0, 0.05) is 18.4 Å². The van der Waals surface area contributed by atoms with E-state index in [9.17, 15) is 4.79 Å². The molecule has 2 heterocycles. The summed E-state index contributed by atoms with van der Waals surface area (Å²) in [6.45, 7) is 6.70. The van der Waals surface area contributed by atoms with Crippen molar-refractivity contribution in [2.45, 2.75) is 33.7 Å². The van der Waals surface area contributed by atoms with E-state index in [1.807, 2.05) is 41.8 Å². The van der Waals surface area contributed by atoms with Gasteiger partial charge in [-0.15, -0.1) is 0 Å². The molecule has 23 heavy (non-hydrogen) atoms. The molecule has 4 nitrogen and oxygen atoms in total. The third kappa shape index (κ3) is 3.11. The van der Waals surface area contributed by atoms with Crippen LogP contribution in [0.3, 0.4) is 0 Å². The van der Waals surface area contributed by atoms with Gasteiger partial charge in [0.05, 0.1) is 11.3 Å². The van der Waals surface area contributed by atoms with Gasteiger partial charge >= 0.3 is 0 Å². The average molecular weight is 307 g/mol. The lowest BCUT2D eigenvalue weighted by atomic mass is 10.1. The molecule has 0 aliphatic heterocycles. The molecule has 0 spiro atoms. The molecule has 3 aromatic rings. The van der Waals surface area contributed by atoms with Crippen molar-refractivity contribution >= 4 is 11.6 Å². The number of fused-ring (bicyclic) bond motifs is 1. The zero-order valence-electron chi connectivity index (χ0n) is 13.8. The van der Waals surface area contributed by atoms with Gasteiger partial charge in [0.15, 0.2) is 0 Å². The molecule has 4 heteroatoms. The van der Waals surface area contributed by atoms with Crippen molar-refractivity contribution in [3.63, 3.8) is 0 Å². The van der Waals surface area contributed by atoms with Crippen LogP contribution in [0, 0.1) is 13.8 Å². The Morgan fingerprint density at radius 3 is 2.57 bits per heavy atom. The van der Waals surface area contributed by atoms with Gasteiger partial charge in [-0.25, -0.2) is 4.98 Å². The molecule has 0 radical (unpaired) electrons. The van der Waals surface area contributed by atoms with Gasteiger partial charge in [-0.1, -0.05) is 36.8 Å². The second-order valence-electron chi connectivity index (χ2n) is 5.81. The molecule has 2 aromatic heterocycles. The van der Waals surface area contributed by atoms with Crippen LogP contribution >= 0.6 is 0 Å². The lowest BCUT2D eigenvalue weighted by Crippen LogP contribution is -2.23. The largest absolute Gasteiger partial charge is 0.348 e. The summed E-state index contributed by atoms with van der Waals surface area (Å²) in [6, 6.07) is 11.9. The third-order valence-corrected chi connectivity index (χ3v) is 4.13. The number of amides is 1. The summed E-state index contributed by atoms with van der Waals surface area (Å²) in [6.07, 6.45) is 2.75. The van der Waals surface area contributed by atoms with Crippen LogP contribution in [-0.4, -0.2) is 15.3 Å². The number of nitrogens with zero attached hydrogens (tertiary/aromatic N) is 2. The van der Waals surface area contributed by atoms with Gasteiger partial charge in [-0.2, -0.15) is 0 Å². The fourth-order valence-corrected chi connectivity index (χ4v) is 2.67. The van der Waals surface area contributed by atoms with Gasteiger partial charge in [-0.3, -0.25) is 4.79 Å². The number of carbonyl (C=O) groups is 1. The topological polar surface area (TPSA) is 46.4 Å². The molecule has 3 rings (SSSR count). The Morgan fingerprint density at radius 1 is 1.13 bits per heavy atom. The first-order valence-electron chi connectivity index (χ1n) is 7.90. The molecule has 0 unspecified atom stereocenters. The molecular formula is C19H21N3O. The monoisotopic (exact) mass is 307 g/mol. The second kappa shape index (κ2) is 6.24. The standard InChI is InChI=1S/C19H21N3O/c1-4-17-14(3)22-12-16(9-10-18(22)21-17)19(23)20-11-15-7-5-13(2)6-8-15/h5-10,12H,4,11H2,1-3H3,(H,20,23). The van der Waals surface area contributed by atoms with Crippen LogP contribution in [0.15, 0.2) is 42.6 Å². The van der Waals surface area contributed by atoms with Crippen molar-refractivity contribution in [1.82, 2.24) is 14.7 Å². The van der Waals surface area contributed by atoms with Crippen LogP contribution in [0.5, 0.6) is 0 Å². The highest BCUT2D eigenvalue weighted by Gasteiger charge is 2.10. The number of rotatable bonds is 4. The van der Waals surface area contributed by atoms with E-state index in [0.29, 0.717) is 12.1 Å². The summed E-state index contributed by atoms with van der Waals surface area (Å²) >= 11 is 0. The van der Waals surface area contributed by atoms with Crippen LogP contribution in [0.4, 0.5) is 0 Å². The van der Waals surface area contributed by atoms with E-state index in [4.69, 9.17) is 0 Å². The highest BCUT2D eigenvalue weighted by atomic mass is 16.1. The van der Waals surface area contributed by atoms with Crippen molar-refractivity contribution in [3.8, 4) is 0 Å². The lowest BCUT2D eigenvalue weighted by Gasteiger charge is -2.07. The molecular weight excluding hydrogens is 286 g/mol. The zero-order valence-corrected chi connectivity index (χ0v) is 13.8. The molecule has 1 amide bonds. The highest BCUT2D eigenvalue weighted by Crippen LogP contribution is 2.14. The van der Waals surface area contributed by atoms with E-state index < -0.39 is 0 Å². The Morgan fingerprint density at radius 2 is 1.87 bits per heavy atom. The smallest absolute Gasteiger partial charge is 0.253 e. The number of hydrogen-bond donors (Lipinski definition) is 1. The van der Waals surface area contributed by atoms with Gasteiger partial charge in [0.25, 0.3) is 5.91 Å². The molecule has 0 atom stereocenters.